The van der Waals surface area contributed by atoms with Crippen LogP contribution in [0.15, 0.2) is 42.5 Å². The van der Waals surface area contributed by atoms with Crippen molar-refractivity contribution < 1.29 is 14.2 Å². The van der Waals surface area contributed by atoms with Crippen molar-refractivity contribution >= 4 is 11.4 Å². The smallest absolute Gasteiger partial charge is 0.147 e. The molecule has 0 fully saturated rings. The van der Waals surface area contributed by atoms with Crippen molar-refractivity contribution in [3.63, 3.8) is 0 Å². The normalized spacial score (nSPS) is 10.3. The molecule has 0 bridgehead atoms. The van der Waals surface area contributed by atoms with E-state index in [0.29, 0.717) is 17.0 Å². The van der Waals surface area contributed by atoms with Gasteiger partial charge in [0.2, 0.25) is 0 Å². The zero-order chi connectivity index (χ0) is 13.8. The summed E-state index contributed by atoms with van der Waals surface area (Å²) in [7, 11) is 3.34. The lowest BCUT2D eigenvalue weighted by atomic mass is 10.1. The third kappa shape index (κ3) is 2.69. The Morgan fingerprint density at radius 1 is 1.21 bits per heavy atom. The Balaban J connectivity index is 2.46. The zero-order valence-corrected chi connectivity index (χ0v) is 10.9. The highest BCUT2D eigenvalue weighted by atomic mass is 19.1. The second kappa shape index (κ2) is 5.71. The Morgan fingerprint density at radius 2 is 1.95 bits per heavy atom. The number of ether oxygens (including phenoxy) is 1. The number of halogens is 1. The van der Waals surface area contributed by atoms with Gasteiger partial charge in [-0.25, -0.2) is 4.39 Å². The van der Waals surface area contributed by atoms with Crippen LogP contribution in [-0.2, 0) is 6.61 Å². The number of nitrogens with zero attached hydrogens (tertiary/aromatic N) is 1. The van der Waals surface area contributed by atoms with Gasteiger partial charge >= 0.3 is 0 Å². The molecule has 0 aliphatic carbocycles. The van der Waals surface area contributed by atoms with Gasteiger partial charge in [-0.1, -0.05) is 18.2 Å². The van der Waals surface area contributed by atoms with E-state index in [0.717, 1.165) is 5.69 Å². The highest BCUT2D eigenvalue weighted by Gasteiger charge is 2.14. The molecule has 0 atom stereocenters. The van der Waals surface area contributed by atoms with Gasteiger partial charge in [-0.05, 0) is 18.2 Å². The first kappa shape index (κ1) is 13.4. The fraction of sp³-hybridized carbons (Fsp3) is 0.200. The maximum atomic E-state index is 14.0. The monoisotopic (exact) mass is 261 g/mol. The van der Waals surface area contributed by atoms with Crippen molar-refractivity contribution in [3.8, 4) is 5.75 Å². The minimum atomic E-state index is -0.364. The van der Waals surface area contributed by atoms with E-state index in [4.69, 9.17) is 4.74 Å². The van der Waals surface area contributed by atoms with Crippen molar-refractivity contribution in [1.82, 2.24) is 0 Å². The first-order valence-electron chi connectivity index (χ1n) is 5.93. The lowest BCUT2D eigenvalue weighted by molar-refractivity contribution is 0.281. The first-order chi connectivity index (χ1) is 9.17. The quantitative estimate of drug-likeness (QED) is 0.918. The van der Waals surface area contributed by atoms with Crippen molar-refractivity contribution in [2.75, 3.05) is 19.1 Å². The molecule has 0 heterocycles. The SMILES string of the molecule is COc1cccc(N(C)c2c(F)cccc2CO)c1. The lowest BCUT2D eigenvalue weighted by Gasteiger charge is -2.23. The van der Waals surface area contributed by atoms with Crippen molar-refractivity contribution in [2.45, 2.75) is 6.61 Å². The molecule has 2 rings (SSSR count). The molecular formula is C15H16FNO2. The topological polar surface area (TPSA) is 32.7 Å². The number of methoxy groups -OCH3 is 1. The molecule has 0 aliphatic heterocycles. The number of para-hydroxylation sites is 1. The van der Waals surface area contributed by atoms with Gasteiger partial charge in [0, 0.05) is 24.4 Å². The molecular weight excluding hydrogens is 245 g/mol. The molecule has 100 valence electrons. The Kier molecular flexibility index (Phi) is 4.02. The van der Waals surface area contributed by atoms with Crippen LogP contribution in [0, 0.1) is 5.82 Å². The summed E-state index contributed by atoms with van der Waals surface area (Å²) >= 11 is 0. The molecule has 0 saturated carbocycles. The van der Waals surface area contributed by atoms with Gasteiger partial charge < -0.3 is 14.7 Å². The number of rotatable bonds is 4. The number of hydrogen-bond acceptors (Lipinski definition) is 3. The number of benzene rings is 2. The molecule has 4 heteroatoms. The van der Waals surface area contributed by atoms with Crippen LogP contribution in [0.2, 0.25) is 0 Å². The van der Waals surface area contributed by atoms with Crippen molar-refractivity contribution in [3.05, 3.63) is 53.8 Å². The molecule has 1 N–H and O–H groups in total. The minimum Gasteiger partial charge on any atom is -0.497 e. The van der Waals surface area contributed by atoms with Gasteiger partial charge in [0.05, 0.1) is 19.4 Å². The van der Waals surface area contributed by atoms with Crippen molar-refractivity contribution in [2.24, 2.45) is 0 Å². The van der Waals surface area contributed by atoms with Crippen LogP contribution in [0.25, 0.3) is 0 Å². The van der Waals surface area contributed by atoms with Gasteiger partial charge in [-0.2, -0.15) is 0 Å². The van der Waals surface area contributed by atoms with E-state index in [2.05, 4.69) is 0 Å². The number of anilines is 2. The summed E-state index contributed by atoms with van der Waals surface area (Å²) in [4.78, 5) is 1.70. The fourth-order valence-electron chi connectivity index (χ4n) is 2.01. The Hall–Kier alpha value is -2.07. The molecule has 0 amide bonds. The Bertz CT molecular complexity index is 572. The highest BCUT2D eigenvalue weighted by Crippen LogP contribution is 2.31. The van der Waals surface area contributed by atoms with Crippen LogP contribution in [0.1, 0.15) is 5.56 Å². The third-order valence-corrected chi connectivity index (χ3v) is 3.02. The number of aliphatic hydroxyl groups is 1. The summed E-state index contributed by atoms with van der Waals surface area (Å²) in [5.41, 5.74) is 1.71. The second-order valence-corrected chi connectivity index (χ2v) is 4.17. The van der Waals surface area contributed by atoms with E-state index < -0.39 is 0 Å². The average Bonchev–Trinajstić information content (AvgIpc) is 2.46. The minimum absolute atomic E-state index is 0.207. The zero-order valence-electron chi connectivity index (χ0n) is 10.9. The third-order valence-electron chi connectivity index (χ3n) is 3.02. The number of aliphatic hydroxyl groups excluding tert-OH is 1. The summed E-state index contributed by atoms with van der Waals surface area (Å²) in [5, 5.41) is 9.32. The van der Waals surface area contributed by atoms with E-state index >= 15 is 0 Å². The maximum absolute atomic E-state index is 14.0. The van der Waals surface area contributed by atoms with Gasteiger partial charge in [0.25, 0.3) is 0 Å². The molecule has 0 spiro atoms. The molecule has 19 heavy (non-hydrogen) atoms. The molecule has 0 unspecified atom stereocenters. The van der Waals surface area contributed by atoms with Crippen LogP contribution in [-0.4, -0.2) is 19.3 Å². The first-order valence-corrected chi connectivity index (χ1v) is 5.93. The van der Waals surface area contributed by atoms with Crippen molar-refractivity contribution in [1.29, 1.82) is 0 Å². The van der Waals surface area contributed by atoms with E-state index in [9.17, 15) is 9.50 Å². The predicted molar refractivity (Wildman–Crippen MR) is 73.4 cm³/mol. The Morgan fingerprint density at radius 3 is 2.63 bits per heavy atom. The maximum Gasteiger partial charge on any atom is 0.147 e. The van der Waals surface area contributed by atoms with Gasteiger partial charge in [0.15, 0.2) is 0 Å². The predicted octanol–water partition coefficient (Wildman–Crippen LogP) is 3.09. The van der Waals surface area contributed by atoms with Crippen LogP contribution in [0.3, 0.4) is 0 Å². The molecule has 0 radical (unpaired) electrons. The Labute approximate surface area is 111 Å². The summed E-state index contributed by atoms with van der Waals surface area (Å²) in [6.45, 7) is -0.207. The van der Waals surface area contributed by atoms with Gasteiger partial charge in [0.1, 0.15) is 11.6 Å². The largest absolute Gasteiger partial charge is 0.497 e. The summed E-state index contributed by atoms with van der Waals surface area (Å²) in [5.74, 6) is 0.336. The molecule has 3 nitrogen and oxygen atoms in total. The number of hydrogen-bond donors (Lipinski definition) is 1. The summed E-state index contributed by atoms with van der Waals surface area (Å²) in [6, 6.07) is 12.0. The van der Waals surface area contributed by atoms with Gasteiger partial charge in [-0.15, -0.1) is 0 Å². The van der Waals surface area contributed by atoms with Crippen LogP contribution in [0.4, 0.5) is 15.8 Å². The molecule has 2 aromatic rings. The molecule has 0 aliphatic rings. The van der Waals surface area contributed by atoms with Crippen LogP contribution >= 0.6 is 0 Å². The standard InChI is InChI=1S/C15H16FNO2/c1-17(12-6-4-7-13(9-12)19-2)15-11(10-18)5-3-8-14(15)16/h3-9,18H,10H2,1-2H3. The highest BCUT2D eigenvalue weighted by molar-refractivity contribution is 5.67. The van der Waals surface area contributed by atoms with E-state index in [1.165, 1.54) is 6.07 Å². The van der Waals surface area contributed by atoms with Gasteiger partial charge in [-0.3, -0.25) is 0 Å². The van der Waals surface area contributed by atoms with Crippen LogP contribution < -0.4 is 9.64 Å². The van der Waals surface area contributed by atoms with E-state index in [1.54, 1.807) is 31.2 Å². The average molecular weight is 261 g/mol. The second-order valence-electron chi connectivity index (χ2n) is 4.17. The molecule has 2 aromatic carbocycles. The van der Waals surface area contributed by atoms with E-state index in [1.807, 2.05) is 24.3 Å². The molecule has 0 saturated heterocycles. The molecule has 0 aromatic heterocycles. The fourth-order valence-corrected chi connectivity index (χ4v) is 2.01. The van der Waals surface area contributed by atoms with E-state index in [-0.39, 0.29) is 12.4 Å². The lowest BCUT2D eigenvalue weighted by Crippen LogP contribution is -2.13. The summed E-state index contributed by atoms with van der Waals surface area (Å²) in [6.07, 6.45) is 0. The summed E-state index contributed by atoms with van der Waals surface area (Å²) < 4.78 is 19.1. The van der Waals surface area contributed by atoms with Crippen LogP contribution in [0.5, 0.6) is 5.75 Å².